The number of furan rings is 1. The van der Waals surface area contributed by atoms with Crippen molar-refractivity contribution in [2.75, 3.05) is 5.32 Å². The topological polar surface area (TPSA) is 74.5 Å². The number of amides is 1. The molecule has 1 aromatic heterocycles. The lowest BCUT2D eigenvalue weighted by Gasteiger charge is -2.08. The second-order valence-electron chi connectivity index (χ2n) is 3.56. The minimum absolute atomic E-state index is 0.142. The third kappa shape index (κ3) is 3.80. The zero-order chi connectivity index (χ0) is 13.8. The molecule has 0 spiro atoms. The van der Waals surface area contributed by atoms with Crippen molar-refractivity contribution in [1.82, 2.24) is 5.32 Å². The van der Waals surface area contributed by atoms with Crippen LogP contribution in [0.4, 0.5) is 5.69 Å². The van der Waals surface area contributed by atoms with Gasteiger partial charge >= 0.3 is 0 Å². The Bertz CT molecular complexity index is 610. The fraction of sp³-hybridized carbons (Fsp3) is 0. The molecule has 98 valence electrons. The molecule has 3 N–H and O–H groups in total. The summed E-state index contributed by atoms with van der Waals surface area (Å²) in [6, 6.07) is 9.44. The SMILES string of the molecule is O=C(NC(=S)Nc1ccc(O)cc1)c1ccc(Br)o1. The summed E-state index contributed by atoms with van der Waals surface area (Å²) in [4.78, 5) is 11.7. The number of nitrogens with one attached hydrogen (secondary N) is 2. The summed E-state index contributed by atoms with van der Waals surface area (Å²) in [6.07, 6.45) is 0. The standard InChI is InChI=1S/C12H9BrN2O3S/c13-10-6-5-9(18-10)11(17)15-12(19)14-7-1-3-8(16)4-2-7/h1-6,16H,(H2,14,15,17,19). The average Bonchev–Trinajstić information content (AvgIpc) is 2.79. The van der Waals surface area contributed by atoms with E-state index in [1.54, 1.807) is 18.2 Å². The number of thiocarbonyl (C=S) groups is 1. The van der Waals surface area contributed by atoms with Crippen LogP contribution in [0.2, 0.25) is 0 Å². The highest BCUT2D eigenvalue weighted by Crippen LogP contribution is 2.15. The van der Waals surface area contributed by atoms with Crippen molar-refractivity contribution in [3.8, 4) is 5.75 Å². The third-order valence-electron chi connectivity index (χ3n) is 2.15. The predicted octanol–water partition coefficient (Wildman–Crippen LogP) is 2.87. The molecule has 1 heterocycles. The first-order valence-electron chi connectivity index (χ1n) is 5.21. The monoisotopic (exact) mass is 340 g/mol. The number of hydrogen-bond acceptors (Lipinski definition) is 4. The Hall–Kier alpha value is -1.86. The summed E-state index contributed by atoms with van der Waals surface area (Å²) < 4.78 is 5.56. The van der Waals surface area contributed by atoms with Gasteiger partial charge in [0, 0.05) is 5.69 Å². The summed E-state index contributed by atoms with van der Waals surface area (Å²) in [6.45, 7) is 0. The number of hydrogen-bond donors (Lipinski definition) is 3. The highest BCUT2D eigenvalue weighted by molar-refractivity contribution is 9.10. The second kappa shape index (κ2) is 5.85. The van der Waals surface area contributed by atoms with E-state index in [2.05, 4.69) is 26.6 Å². The van der Waals surface area contributed by atoms with Gasteiger partial charge in [0.15, 0.2) is 15.5 Å². The van der Waals surface area contributed by atoms with E-state index in [9.17, 15) is 4.79 Å². The quantitative estimate of drug-likeness (QED) is 0.579. The van der Waals surface area contributed by atoms with Crippen molar-refractivity contribution in [3.63, 3.8) is 0 Å². The highest BCUT2D eigenvalue weighted by atomic mass is 79.9. The summed E-state index contributed by atoms with van der Waals surface area (Å²) in [5.74, 6) is -0.135. The van der Waals surface area contributed by atoms with Crippen LogP contribution in [0.3, 0.4) is 0 Å². The molecule has 0 unspecified atom stereocenters. The Morgan fingerprint density at radius 3 is 2.47 bits per heavy atom. The van der Waals surface area contributed by atoms with Gasteiger partial charge in [-0.15, -0.1) is 0 Å². The van der Waals surface area contributed by atoms with Crippen LogP contribution in [0.25, 0.3) is 0 Å². The largest absolute Gasteiger partial charge is 0.508 e. The number of rotatable bonds is 2. The van der Waals surface area contributed by atoms with Gasteiger partial charge in [0.1, 0.15) is 5.75 Å². The van der Waals surface area contributed by atoms with E-state index in [4.69, 9.17) is 21.7 Å². The first-order chi connectivity index (χ1) is 9.04. The van der Waals surface area contributed by atoms with E-state index in [-0.39, 0.29) is 16.6 Å². The molecule has 7 heteroatoms. The Morgan fingerprint density at radius 2 is 1.89 bits per heavy atom. The molecular formula is C12H9BrN2O3S. The molecule has 1 amide bonds. The molecule has 1 aromatic carbocycles. The van der Waals surface area contributed by atoms with Crippen molar-refractivity contribution < 1.29 is 14.3 Å². The minimum atomic E-state index is -0.443. The molecule has 0 aliphatic heterocycles. The van der Waals surface area contributed by atoms with Gasteiger partial charge < -0.3 is 14.8 Å². The Kier molecular flexibility index (Phi) is 4.18. The van der Waals surface area contributed by atoms with Crippen LogP contribution in [0.1, 0.15) is 10.6 Å². The number of aromatic hydroxyl groups is 1. The van der Waals surface area contributed by atoms with Crippen LogP contribution < -0.4 is 10.6 Å². The first kappa shape index (κ1) is 13.6. The minimum Gasteiger partial charge on any atom is -0.508 e. The lowest BCUT2D eigenvalue weighted by molar-refractivity contribution is 0.0949. The first-order valence-corrected chi connectivity index (χ1v) is 6.41. The van der Waals surface area contributed by atoms with E-state index in [1.807, 2.05) is 0 Å². The van der Waals surface area contributed by atoms with Gasteiger partial charge in [-0.25, -0.2) is 0 Å². The fourth-order valence-corrected chi connectivity index (χ4v) is 1.83. The number of anilines is 1. The number of phenols is 1. The Morgan fingerprint density at radius 1 is 1.21 bits per heavy atom. The van der Waals surface area contributed by atoms with E-state index in [0.717, 1.165) is 0 Å². The molecule has 5 nitrogen and oxygen atoms in total. The molecule has 2 rings (SSSR count). The maximum Gasteiger partial charge on any atom is 0.293 e. The van der Waals surface area contributed by atoms with Gasteiger partial charge in [0.2, 0.25) is 0 Å². The molecule has 0 aliphatic rings. The molecule has 19 heavy (non-hydrogen) atoms. The van der Waals surface area contributed by atoms with Crippen LogP contribution >= 0.6 is 28.1 Å². The molecule has 0 saturated heterocycles. The van der Waals surface area contributed by atoms with Gasteiger partial charge in [-0.05, 0) is 64.5 Å². The summed E-state index contributed by atoms with van der Waals surface area (Å²) in [5, 5.41) is 14.6. The number of carbonyl (C=O) groups excluding carboxylic acids is 1. The van der Waals surface area contributed by atoms with Gasteiger partial charge in [-0.1, -0.05) is 0 Å². The lowest BCUT2D eigenvalue weighted by Crippen LogP contribution is -2.33. The third-order valence-corrected chi connectivity index (χ3v) is 2.78. The normalized spacial score (nSPS) is 9.95. The second-order valence-corrected chi connectivity index (χ2v) is 4.75. The number of benzene rings is 1. The van der Waals surface area contributed by atoms with Gasteiger partial charge in [-0.2, -0.15) is 0 Å². The van der Waals surface area contributed by atoms with Crippen LogP contribution in [0, 0.1) is 0 Å². The number of halogens is 1. The molecule has 0 aliphatic carbocycles. The average molecular weight is 341 g/mol. The van der Waals surface area contributed by atoms with Gasteiger partial charge in [-0.3, -0.25) is 10.1 Å². The summed E-state index contributed by atoms with van der Waals surface area (Å²) in [7, 11) is 0. The summed E-state index contributed by atoms with van der Waals surface area (Å²) >= 11 is 8.10. The smallest absolute Gasteiger partial charge is 0.293 e. The molecule has 2 aromatic rings. The van der Waals surface area contributed by atoms with E-state index in [0.29, 0.717) is 10.4 Å². The van der Waals surface area contributed by atoms with Crippen LogP contribution in [0.5, 0.6) is 5.75 Å². The van der Waals surface area contributed by atoms with Crippen molar-refractivity contribution in [2.45, 2.75) is 0 Å². The van der Waals surface area contributed by atoms with Gasteiger partial charge in [0.25, 0.3) is 5.91 Å². The van der Waals surface area contributed by atoms with Crippen LogP contribution in [-0.2, 0) is 0 Å². The molecule has 0 saturated carbocycles. The van der Waals surface area contributed by atoms with Crippen LogP contribution in [-0.4, -0.2) is 16.1 Å². The maximum atomic E-state index is 11.7. The molecule has 0 radical (unpaired) electrons. The van der Waals surface area contributed by atoms with E-state index in [1.165, 1.54) is 18.2 Å². The zero-order valence-electron chi connectivity index (χ0n) is 9.51. The van der Waals surface area contributed by atoms with E-state index < -0.39 is 5.91 Å². The fourth-order valence-electron chi connectivity index (χ4n) is 1.31. The summed E-state index contributed by atoms with van der Waals surface area (Å²) in [5.41, 5.74) is 0.656. The number of carbonyl (C=O) groups is 1. The Labute approximate surface area is 122 Å². The van der Waals surface area contributed by atoms with Crippen molar-refractivity contribution in [2.24, 2.45) is 0 Å². The van der Waals surface area contributed by atoms with Crippen molar-refractivity contribution >= 4 is 44.9 Å². The van der Waals surface area contributed by atoms with Crippen molar-refractivity contribution in [1.29, 1.82) is 0 Å². The maximum absolute atomic E-state index is 11.7. The molecule has 0 atom stereocenters. The van der Waals surface area contributed by atoms with Gasteiger partial charge in [0.05, 0.1) is 0 Å². The van der Waals surface area contributed by atoms with Crippen LogP contribution in [0.15, 0.2) is 45.5 Å². The molecule has 0 fully saturated rings. The van der Waals surface area contributed by atoms with E-state index >= 15 is 0 Å². The highest BCUT2D eigenvalue weighted by Gasteiger charge is 2.11. The predicted molar refractivity (Wildman–Crippen MR) is 78.2 cm³/mol. The number of phenolic OH excluding ortho intramolecular Hbond substituents is 1. The molecule has 0 bridgehead atoms. The Balaban J connectivity index is 1.94. The molecular weight excluding hydrogens is 332 g/mol. The zero-order valence-corrected chi connectivity index (χ0v) is 11.9. The van der Waals surface area contributed by atoms with Crippen molar-refractivity contribution in [3.05, 3.63) is 46.8 Å². The lowest BCUT2D eigenvalue weighted by atomic mass is 10.3.